The maximum Gasteiger partial charge on any atom is 0.225 e. The van der Waals surface area contributed by atoms with Crippen LogP contribution in [0.3, 0.4) is 0 Å². The summed E-state index contributed by atoms with van der Waals surface area (Å²) >= 11 is 1.58. The van der Waals surface area contributed by atoms with Crippen LogP contribution in [0.25, 0.3) is 11.3 Å². The molecule has 0 spiro atoms. The molecule has 6 nitrogen and oxygen atoms in total. The van der Waals surface area contributed by atoms with Crippen molar-refractivity contribution in [1.82, 2.24) is 19.8 Å². The van der Waals surface area contributed by atoms with E-state index in [2.05, 4.69) is 4.98 Å². The predicted octanol–water partition coefficient (Wildman–Crippen LogP) is 3.62. The molecule has 1 aliphatic rings. The first-order chi connectivity index (χ1) is 13.4. The van der Waals surface area contributed by atoms with E-state index in [1.165, 1.54) is 0 Å². The number of amides is 2. The minimum Gasteiger partial charge on any atom is -0.341 e. The van der Waals surface area contributed by atoms with Crippen LogP contribution in [0.4, 0.5) is 0 Å². The summed E-state index contributed by atoms with van der Waals surface area (Å²) in [6, 6.07) is 3.78. The zero-order valence-corrected chi connectivity index (χ0v) is 17.8. The summed E-state index contributed by atoms with van der Waals surface area (Å²) in [6.45, 7) is 9.46. The third-order valence-electron chi connectivity index (χ3n) is 5.03. The minimum absolute atomic E-state index is 0.0380. The SMILES string of the molecule is CC(C)C(=O)N1CCC(c2nc(-c3ccncc3)cs2)N(C(=O)C(C)C)CC1. The van der Waals surface area contributed by atoms with Crippen molar-refractivity contribution < 1.29 is 9.59 Å². The third kappa shape index (κ3) is 4.41. The van der Waals surface area contributed by atoms with Crippen LogP contribution in [0.1, 0.15) is 45.2 Å². The largest absolute Gasteiger partial charge is 0.341 e. The molecular weight excluding hydrogens is 372 g/mol. The number of hydrogen-bond acceptors (Lipinski definition) is 5. The van der Waals surface area contributed by atoms with Crippen molar-refractivity contribution in [3.8, 4) is 11.3 Å². The molecule has 2 amide bonds. The number of nitrogens with zero attached hydrogens (tertiary/aromatic N) is 4. The monoisotopic (exact) mass is 400 g/mol. The van der Waals surface area contributed by atoms with Crippen LogP contribution in [-0.2, 0) is 9.59 Å². The van der Waals surface area contributed by atoms with Crippen LogP contribution >= 0.6 is 11.3 Å². The van der Waals surface area contributed by atoms with E-state index in [0.29, 0.717) is 26.1 Å². The summed E-state index contributed by atoms with van der Waals surface area (Å²) in [5, 5.41) is 2.96. The molecular formula is C21H28N4O2S. The number of rotatable bonds is 4. The number of hydrogen-bond donors (Lipinski definition) is 0. The second-order valence-corrected chi connectivity index (χ2v) is 8.67. The highest BCUT2D eigenvalue weighted by atomic mass is 32.1. The Morgan fingerprint density at radius 3 is 2.36 bits per heavy atom. The Balaban J connectivity index is 1.88. The summed E-state index contributed by atoms with van der Waals surface area (Å²) in [6.07, 6.45) is 4.22. The Morgan fingerprint density at radius 2 is 1.71 bits per heavy atom. The Labute approximate surface area is 170 Å². The zero-order valence-electron chi connectivity index (χ0n) is 17.0. The maximum atomic E-state index is 12.9. The number of carbonyl (C=O) groups excluding carboxylic acids is 2. The van der Waals surface area contributed by atoms with Crippen molar-refractivity contribution >= 4 is 23.2 Å². The molecule has 0 saturated carbocycles. The summed E-state index contributed by atoms with van der Waals surface area (Å²) in [4.78, 5) is 38.1. The molecule has 0 radical (unpaired) electrons. The molecule has 0 aliphatic carbocycles. The molecule has 3 rings (SSSR count). The van der Waals surface area contributed by atoms with Crippen molar-refractivity contribution in [3.05, 3.63) is 34.9 Å². The van der Waals surface area contributed by atoms with Gasteiger partial charge in [0.1, 0.15) is 5.01 Å². The fourth-order valence-corrected chi connectivity index (χ4v) is 4.44. The molecule has 1 unspecified atom stereocenters. The van der Waals surface area contributed by atoms with Crippen molar-refractivity contribution in [2.75, 3.05) is 19.6 Å². The van der Waals surface area contributed by atoms with Crippen LogP contribution in [0.5, 0.6) is 0 Å². The van der Waals surface area contributed by atoms with E-state index in [-0.39, 0.29) is 29.7 Å². The summed E-state index contributed by atoms with van der Waals surface area (Å²) in [5.74, 6) is 0.136. The van der Waals surface area contributed by atoms with Gasteiger partial charge in [-0.2, -0.15) is 0 Å². The van der Waals surface area contributed by atoms with E-state index in [0.717, 1.165) is 16.3 Å². The van der Waals surface area contributed by atoms with Crippen LogP contribution < -0.4 is 0 Å². The highest BCUT2D eigenvalue weighted by Crippen LogP contribution is 2.33. The Hall–Kier alpha value is -2.28. The van der Waals surface area contributed by atoms with Gasteiger partial charge < -0.3 is 9.80 Å². The lowest BCUT2D eigenvalue weighted by Crippen LogP contribution is -2.41. The van der Waals surface area contributed by atoms with Gasteiger partial charge in [0.2, 0.25) is 11.8 Å². The van der Waals surface area contributed by atoms with Gasteiger partial charge in [-0.15, -0.1) is 11.3 Å². The molecule has 0 aromatic carbocycles. The average Bonchev–Trinajstić information content (AvgIpc) is 3.07. The second kappa shape index (κ2) is 8.82. The average molecular weight is 401 g/mol. The van der Waals surface area contributed by atoms with Crippen LogP contribution in [-0.4, -0.2) is 51.2 Å². The van der Waals surface area contributed by atoms with Gasteiger partial charge in [-0.1, -0.05) is 27.7 Å². The van der Waals surface area contributed by atoms with E-state index in [4.69, 9.17) is 4.98 Å². The molecule has 1 aliphatic heterocycles. The molecule has 28 heavy (non-hydrogen) atoms. The van der Waals surface area contributed by atoms with Crippen molar-refractivity contribution in [3.63, 3.8) is 0 Å². The van der Waals surface area contributed by atoms with Gasteiger partial charge in [-0.05, 0) is 18.6 Å². The molecule has 3 heterocycles. The van der Waals surface area contributed by atoms with Gasteiger partial charge in [-0.3, -0.25) is 14.6 Å². The fraction of sp³-hybridized carbons (Fsp3) is 0.524. The lowest BCUT2D eigenvalue weighted by atomic mass is 10.1. The van der Waals surface area contributed by atoms with E-state index in [1.807, 2.05) is 55.0 Å². The van der Waals surface area contributed by atoms with E-state index < -0.39 is 0 Å². The third-order valence-corrected chi connectivity index (χ3v) is 5.97. The van der Waals surface area contributed by atoms with Gasteiger partial charge in [0.25, 0.3) is 0 Å². The van der Waals surface area contributed by atoms with Gasteiger partial charge in [0, 0.05) is 54.8 Å². The zero-order chi connectivity index (χ0) is 20.3. The molecule has 1 saturated heterocycles. The quantitative estimate of drug-likeness (QED) is 0.786. The van der Waals surface area contributed by atoms with Crippen molar-refractivity contribution in [2.24, 2.45) is 11.8 Å². The first-order valence-corrected chi connectivity index (χ1v) is 10.7. The molecule has 2 aromatic rings. The fourth-order valence-electron chi connectivity index (χ4n) is 3.46. The highest BCUT2D eigenvalue weighted by molar-refractivity contribution is 7.10. The number of thiazole rings is 1. The normalized spacial score (nSPS) is 17.9. The molecule has 2 aromatic heterocycles. The molecule has 1 fully saturated rings. The van der Waals surface area contributed by atoms with Gasteiger partial charge >= 0.3 is 0 Å². The van der Waals surface area contributed by atoms with Crippen molar-refractivity contribution in [2.45, 2.75) is 40.2 Å². The summed E-state index contributed by atoms with van der Waals surface area (Å²) in [7, 11) is 0. The minimum atomic E-state index is -0.0968. The maximum absolute atomic E-state index is 12.9. The second-order valence-electron chi connectivity index (χ2n) is 7.78. The van der Waals surface area contributed by atoms with Gasteiger partial charge in [0.05, 0.1) is 11.7 Å². The van der Waals surface area contributed by atoms with E-state index in [1.54, 1.807) is 23.7 Å². The molecule has 0 N–H and O–H groups in total. The molecule has 150 valence electrons. The predicted molar refractivity (Wildman–Crippen MR) is 111 cm³/mol. The van der Waals surface area contributed by atoms with Crippen LogP contribution in [0.2, 0.25) is 0 Å². The highest BCUT2D eigenvalue weighted by Gasteiger charge is 2.33. The number of aromatic nitrogens is 2. The smallest absolute Gasteiger partial charge is 0.225 e. The van der Waals surface area contributed by atoms with Crippen LogP contribution in [0, 0.1) is 11.8 Å². The van der Waals surface area contributed by atoms with Gasteiger partial charge in [-0.25, -0.2) is 4.98 Å². The van der Waals surface area contributed by atoms with E-state index in [9.17, 15) is 9.59 Å². The summed E-state index contributed by atoms with van der Waals surface area (Å²) < 4.78 is 0. The Bertz CT molecular complexity index is 819. The number of carbonyl (C=O) groups is 2. The topological polar surface area (TPSA) is 66.4 Å². The Morgan fingerprint density at radius 1 is 1.04 bits per heavy atom. The lowest BCUT2D eigenvalue weighted by molar-refractivity contribution is -0.138. The Kier molecular flexibility index (Phi) is 6.44. The first-order valence-electron chi connectivity index (χ1n) is 9.83. The standard InChI is InChI=1S/C21H28N4O2S/c1-14(2)20(26)24-10-7-18(25(12-11-24)21(27)15(3)4)19-23-17(13-28-19)16-5-8-22-9-6-16/h5-6,8-9,13-15,18H,7,10-12H2,1-4H3. The molecule has 0 bridgehead atoms. The summed E-state index contributed by atoms with van der Waals surface area (Å²) in [5.41, 5.74) is 1.92. The van der Waals surface area contributed by atoms with Gasteiger partial charge in [0.15, 0.2) is 0 Å². The lowest BCUT2D eigenvalue weighted by Gasteiger charge is -2.29. The first kappa shape index (κ1) is 20.5. The van der Waals surface area contributed by atoms with E-state index >= 15 is 0 Å². The molecule has 7 heteroatoms. The van der Waals surface area contributed by atoms with Crippen molar-refractivity contribution in [1.29, 1.82) is 0 Å². The molecule has 1 atom stereocenters. The number of pyridine rings is 1. The van der Waals surface area contributed by atoms with Crippen LogP contribution in [0.15, 0.2) is 29.9 Å².